The SMILES string of the molecule is O=C(C=Cc1ccc(O)c(O)c1)OC1C(CO)OC(OCCc2ccc(O)c(O)c2)C(OC2OCC(O)(CO)C2O)C1O. The number of esters is 1. The third kappa shape index (κ3) is 7.53. The first kappa shape index (κ1) is 32.4. The fourth-order valence-corrected chi connectivity index (χ4v) is 4.53. The number of aromatic hydroxyl groups is 4. The molecule has 2 saturated heterocycles. The molecule has 9 N–H and O–H groups in total. The molecule has 15 nitrogen and oxygen atoms in total. The molecular weight excluding hydrogens is 576 g/mol. The van der Waals surface area contributed by atoms with Crippen molar-refractivity contribution in [3.05, 3.63) is 53.6 Å². The van der Waals surface area contributed by atoms with Crippen molar-refractivity contribution in [1.82, 2.24) is 0 Å². The average Bonchev–Trinajstić information content (AvgIpc) is 3.27. The summed E-state index contributed by atoms with van der Waals surface area (Å²) in [5.74, 6) is -2.39. The largest absolute Gasteiger partial charge is 0.504 e. The molecule has 2 aliphatic rings. The minimum Gasteiger partial charge on any atom is -0.504 e. The summed E-state index contributed by atoms with van der Waals surface area (Å²) in [6, 6.07) is 7.98. The van der Waals surface area contributed by atoms with Crippen LogP contribution in [0.3, 0.4) is 0 Å². The van der Waals surface area contributed by atoms with Gasteiger partial charge >= 0.3 is 5.97 Å². The number of carbonyl (C=O) groups excluding carboxylic acids is 1. The van der Waals surface area contributed by atoms with Crippen molar-refractivity contribution in [1.29, 1.82) is 0 Å². The lowest BCUT2D eigenvalue weighted by Gasteiger charge is -2.43. The summed E-state index contributed by atoms with van der Waals surface area (Å²) in [7, 11) is 0. The third-order valence-electron chi connectivity index (χ3n) is 7.04. The van der Waals surface area contributed by atoms with E-state index in [0.717, 1.165) is 6.08 Å². The Morgan fingerprint density at radius 1 is 0.953 bits per heavy atom. The van der Waals surface area contributed by atoms with Gasteiger partial charge in [0, 0.05) is 6.08 Å². The monoisotopic (exact) mass is 610 g/mol. The van der Waals surface area contributed by atoms with E-state index in [0.29, 0.717) is 11.1 Å². The van der Waals surface area contributed by atoms with Crippen molar-refractivity contribution >= 4 is 12.0 Å². The minimum atomic E-state index is -2.05. The molecule has 0 amide bonds. The van der Waals surface area contributed by atoms with Crippen LogP contribution in [-0.4, -0.2) is 127 Å². The molecule has 2 aliphatic heterocycles. The van der Waals surface area contributed by atoms with Gasteiger partial charge in [-0.25, -0.2) is 4.79 Å². The predicted octanol–water partition coefficient (Wildman–Crippen LogP) is -1.40. The number of phenols is 4. The zero-order valence-electron chi connectivity index (χ0n) is 22.7. The van der Waals surface area contributed by atoms with Crippen molar-refractivity contribution < 1.29 is 74.4 Å². The number of ether oxygens (including phenoxy) is 5. The van der Waals surface area contributed by atoms with Crippen LogP contribution in [0.2, 0.25) is 0 Å². The Morgan fingerprint density at radius 3 is 2.28 bits per heavy atom. The van der Waals surface area contributed by atoms with Crippen LogP contribution in [0.5, 0.6) is 23.0 Å². The van der Waals surface area contributed by atoms with E-state index in [1.807, 2.05) is 0 Å². The summed E-state index contributed by atoms with van der Waals surface area (Å²) < 4.78 is 27.9. The maximum absolute atomic E-state index is 12.6. The second-order valence-corrected chi connectivity index (χ2v) is 10.1. The molecule has 2 heterocycles. The molecule has 0 radical (unpaired) electrons. The van der Waals surface area contributed by atoms with Gasteiger partial charge in [0.15, 0.2) is 41.7 Å². The van der Waals surface area contributed by atoms with Gasteiger partial charge in [0.25, 0.3) is 0 Å². The molecule has 8 atom stereocenters. The van der Waals surface area contributed by atoms with Crippen LogP contribution in [0.1, 0.15) is 11.1 Å². The maximum atomic E-state index is 12.6. The highest BCUT2D eigenvalue weighted by Gasteiger charge is 2.54. The van der Waals surface area contributed by atoms with Crippen LogP contribution in [-0.2, 0) is 34.9 Å². The number of aliphatic hydroxyl groups excluding tert-OH is 4. The van der Waals surface area contributed by atoms with E-state index in [-0.39, 0.29) is 30.3 Å². The number of rotatable bonds is 11. The first-order valence-corrected chi connectivity index (χ1v) is 13.2. The van der Waals surface area contributed by atoms with Crippen LogP contribution in [0.25, 0.3) is 6.08 Å². The zero-order chi connectivity index (χ0) is 31.3. The minimum absolute atomic E-state index is 0.0824. The Kier molecular flexibility index (Phi) is 10.4. The van der Waals surface area contributed by atoms with Gasteiger partial charge in [0.1, 0.15) is 30.0 Å². The number of phenolic OH excluding ortho intramolecular Hbond substituents is 4. The summed E-state index contributed by atoms with van der Waals surface area (Å²) in [5.41, 5.74) is -1.13. The molecule has 15 heteroatoms. The van der Waals surface area contributed by atoms with Gasteiger partial charge in [-0.3, -0.25) is 0 Å². The van der Waals surface area contributed by atoms with Crippen molar-refractivity contribution in [3.63, 3.8) is 0 Å². The Balaban J connectivity index is 1.49. The van der Waals surface area contributed by atoms with Crippen LogP contribution in [0, 0.1) is 0 Å². The van der Waals surface area contributed by atoms with Gasteiger partial charge in [-0.15, -0.1) is 0 Å². The van der Waals surface area contributed by atoms with E-state index in [9.17, 15) is 50.8 Å². The predicted molar refractivity (Wildman–Crippen MR) is 143 cm³/mol. The molecule has 0 saturated carbocycles. The van der Waals surface area contributed by atoms with Crippen LogP contribution < -0.4 is 0 Å². The number of carbonyl (C=O) groups is 1. The summed E-state index contributed by atoms with van der Waals surface area (Å²) in [6.07, 6.45) is -8.38. The maximum Gasteiger partial charge on any atom is 0.331 e. The Hall–Kier alpha value is -3.51. The second-order valence-electron chi connectivity index (χ2n) is 10.1. The van der Waals surface area contributed by atoms with Gasteiger partial charge in [-0.1, -0.05) is 12.1 Å². The first-order chi connectivity index (χ1) is 20.4. The lowest BCUT2D eigenvalue weighted by atomic mass is 9.97. The van der Waals surface area contributed by atoms with Crippen molar-refractivity contribution in [2.75, 3.05) is 26.4 Å². The number of benzene rings is 2. The van der Waals surface area contributed by atoms with Crippen molar-refractivity contribution in [2.24, 2.45) is 0 Å². The summed E-state index contributed by atoms with van der Waals surface area (Å²) in [5, 5.41) is 89.8. The molecule has 236 valence electrons. The molecule has 0 aliphatic carbocycles. The lowest BCUT2D eigenvalue weighted by Crippen LogP contribution is -2.62. The third-order valence-corrected chi connectivity index (χ3v) is 7.04. The van der Waals surface area contributed by atoms with Crippen LogP contribution >= 0.6 is 0 Å². The van der Waals surface area contributed by atoms with Gasteiger partial charge in [0.05, 0.1) is 26.4 Å². The lowest BCUT2D eigenvalue weighted by molar-refractivity contribution is -0.336. The Morgan fingerprint density at radius 2 is 1.65 bits per heavy atom. The molecule has 0 aromatic heterocycles. The standard InChI is InChI=1S/C28H34O15/c29-11-20-23(42-21(35)6-3-14-1-4-16(31)18(33)9-14)22(36)24(43-27-25(37)28(38,12-30)13-40-27)26(41-20)39-8-7-15-2-5-17(32)19(34)10-15/h1-6,9-10,20,22-27,29-34,36-38H,7-8,11-13H2. The van der Waals surface area contributed by atoms with Crippen LogP contribution in [0.15, 0.2) is 42.5 Å². The highest BCUT2D eigenvalue weighted by molar-refractivity contribution is 5.87. The number of hydrogen-bond donors (Lipinski definition) is 9. The fraction of sp³-hybridized carbons (Fsp3) is 0.464. The van der Waals surface area contributed by atoms with E-state index in [1.54, 1.807) is 6.07 Å². The summed E-state index contributed by atoms with van der Waals surface area (Å²) >= 11 is 0. The van der Waals surface area contributed by atoms with Gasteiger partial charge in [-0.2, -0.15) is 0 Å². The van der Waals surface area contributed by atoms with Crippen molar-refractivity contribution in [2.45, 2.75) is 55.1 Å². The molecular formula is C28H34O15. The molecule has 0 spiro atoms. The normalized spacial score (nSPS) is 31.0. The quantitative estimate of drug-likeness (QED) is 0.0806. The van der Waals surface area contributed by atoms with Gasteiger partial charge < -0.3 is 69.6 Å². The number of hydrogen-bond acceptors (Lipinski definition) is 15. The summed E-state index contributed by atoms with van der Waals surface area (Å²) in [4.78, 5) is 12.6. The van der Waals surface area contributed by atoms with Crippen LogP contribution in [0.4, 0.5) is 0 Å². The first-order valence-electron chi connectivity index (χ1n) is 13.2. The molecule has 2 aromatic carbocycles. The van der Waals surface area contributed by atoms with E-state index < -0.39 is 80.2 Å². The Labute approximate surface area is 245 Å². The molecule has 2 aromatic rings. The molecule has 8 unspecified atom stereocenters. The highest BCUT2D eigenvalue weighted by atomic mass is 16.8. The van der Waals surface area contributed by atoms with E-state index in [4.69, 9.17) is 23.7 Å². The topological polar surface area (TPSA) is 245 Å². The van der Waals surface area contributed by atoms with E-state index in [2.05, 4.69) is 0 Å². The second kappa shape index (κ2) is 13.9. The smallest absolute Gasteiger partial charge is 0.331 e. The zero-order valence-corrected chi connectivity index (χ0v) is 22.7. The molecule has 4 rings (SSSR count). The highest BCUT2D eigenvalue weighted by Crippen LogP contribution is 2.33. The van der Waals surface area contributed by atoms with E-state index in [1.165, 1.54) is 36.4 Å². The van der Waals surface area contributed by atoms with Crippen molar-refractivity contribution in [3.8, 4) is 23.0 Å². The average molecular weight is 611 g/mol. The van der Waals surface area contributed by atoms with Gasteiger partial charge in [0.2, 0.25) is 0 Å². The molecule has 2 fully saturated rings. The fourth-order valence-electron chi connectivity index (χ4n) is 4.53. The molecule has 0 bridgehead atoms. The van der Waals surface area contributed by atoms with Gasteiger partial charge in [-0.05, 0) is 47.9 Å². The molecule has 43 heavy (non-hydrogen) atoms. The Bertz CT molecular complexity index is 1280. The summed E-state index contributed by atoms with van der Waals surface area (Å²) in [6.45, 7) is -2.16. The van der Waals surface area contributed by atoms with E-state index >= 15 is 0 Å². The number of aliphatic hydroxyl groups is 5.